The van der Waals surface area contributed by atoms with Gasteiger partial charge in [-0.2, -0.15) is 18.3 Å². The smallest absolute Gasteiger partial charge is 0.419 e. The van der Waals surface area contributed by atoms with Crippen LogP contribution in [0.4, 0.5) is 13.2 Å². The Hall–Kier alpha value is -4.02. The molecule has 0 saturated carbocycles. The predicted molar refractivity (Wildman–Crippen MR) is 158 cm³/mol. The van der Waals surface area contributed by atoms with E-state index >= 15 is 0 Å². The molecule has 1 aliphatic heterocycles. The van der Waals surface area contributed by atoms with E-state index in [1.54, 1.807) is 35.2 Å². The molecule has 0 spiro atoms. The van der Waals surface area contributed by atoms with Crippen molar-refractivity contribution in [1.82, 2.24) is 20.0 Å². The number of likely N-dealkylation sites (tertiary alicyclic amines) is 1. The fourth-order valence-corrected chi connectivity index (χ4v) is 5.67. The molecule has 12 heteroatoms. The molecule has 0 aliphatic carbocycles. The number of aromatic nitrogens is 2. The fourth-order valence-electron chi connectivity index (χ4n) is 5.36. The number of nitrogens with one attached hydrogen (secondary N) is 1. The predicted octanol–water partition coefficient (Wildman–Crippen LogP) is 7.10. The van der Waals surface area contributed by atoms with Crippen LogP contribution in [0.1, 0.15) is 43.5 Å². The zero-order valence-corrected chi connectivity index (χ0v) is 24.9. The van der Waals surface area contributed by atoms with Gasteiger partial charge < -0.3 is 14.5 Å². The van der Waals surface area contributed by atoms with Gasteiger partial charge in [0.05, 0.1) is 34.5 Å². The summed E-state index contributed by atoms with van der Waals surface area (Å²) < 4.78 is 45.9. The van der Waals surface area contributed by atoms with E-state index in [2.05, 4.69) is 10.2 Å². The molecule has 1 N–H and O–H groups in total. The number of rotatable bonds is 6. The molecule has 3 aromatic carbocycles. The summed E-state index contributed by atoms with van der Waals surface area (Å²) in [6, 6.07) is 16.7. The number of aryl methyl sites for hydroxylation is 1. The number of amides is 2. The number of ether oxygens (including phenoxy) is 1. The van der Waals surface area contributed by atoms with Crippen molar-refractivity contribution in [3.63, 3.8) is 0 Å². The molecule has 2 atom stereocenters. The standard InChI is InChI=1S/C31H27Cl2F3N4O3/c1-17-12-26(38-37-17)18-4-6-19(7-5-18)30(42)40-15-22(20-8-10-24(32)25(33)14-20)27(16-40)39(2)29(41)21-9-11-28(43-3)23(13-21)31(34,35)36/h4-14,22,27H,15-16H2,1-3H3,(H,37,38). The molecule has 7 nitrogen and oxygen atoms in total. The molecule has 1 fully saturated rings. The molecule has 1 aliphatic rings. The second-order valence-electron chi connectivity index (χ2n) is 10.4. The molecule has 5 rings (SSSR count). The largest absolute Gasteiger partial charge is 0.496 e. The maximum atomic E-state index is 13.7. The number of nitrogens with zero attached hydrogens (tertiary/aromatic N) is 3. The van der Waals surface area contributed by atoms with Crippen LogP contribution < -0.4 is 4.74 Å². The lowest BCUT2D eigenvalue weighted by atomic mass is 9.93. The van der Waals surface area contributed by atoms with Gasteiger partial charge in [0.2, 0.25) is 0 Å². The number of methoxy groups -OCH3 is 1. The summed E-state index contributed by atoms with van der Waals surface area (Å²) in [4.78, 5) is 30.2. The van der Waals surface area contributed by atoms with Gasteiger partial charge in [-0.3, -0.25) is 14.7 Å². The van der Waals surface area contributed by atoms with Crippen molar-refractivity contribution in [2.45, 2.75) is 25.1 Å². The van der Waals surface area contributed by atoms with Gasteiger partial charge >= 0.3 is 6.18 Å². The van der Waals surface area contributed by atoms with Gasteiger partial charge in [-0.25, -0.2) is 0 Å². The van der Waals surface area contributed by atoms with Crippen LogP contribution in [-0.2, 0) is 6.18 Å². The molecule has 1 saturated heterocycles. The second kappa shape index (κ2) is 11.9. The first-order valence-corrected chi connectivity index (χ1v) is 14.0. The number of hydrogen-bond donors (Lipinski definition) is 1. The third-order valence-corrected chi connectivity index (χ3v) is 8.39. The number of hydrogen-bond acceptors (Lipinski definition) is 4. The number of carbonyl (C=O) groups excluding carboxylic acids is 2. The molecule has 224 valence electrons. The van der Waals surface area contributed by atoms with Crippen LogP contribution in [0.3, 0.4) is 0 Å². The molecular weight excluding hydrogens is 604 g/mol. The first-order valence-electron chi connectivity index (χ1n) is 13.3. The van der Waals surface area contributed by atoms with Crippen molar-refractivity contribution in [2.24, 2.45) is 0 Å². The van der Waals surface area contributed by atoms with Crippen LogP contribution in [-0.4, -0.2) is 65.1 Å². The number of carbonyl (C=O) groups is 2. The molecule has 1 aromatic heterocycles. The highest BCUT2D eigenvalue weighted by Gasteiger charge is 2.41. The Balaban J connectivity index is 1.44. The van der Waals surface area contributed by atoms with Crippen molar-refractivity contribution in [3.8, 4) is 17.0 Å². The fraction of sp³-hybridized carbons (Fsp3) is 0.258. The minimum atomic E-state index is -4.72. The Labute approximate surface area is 256 Å². The number of halogens is 5. The van der Waals surface area contributed by atoms with Gasteiger partial charge in [-0.15, -0.1) is 0 Å². The lowest BCUT2D eigenvalue weighted by Gasteiger charge is -2.29. The summed E-state index contributed by atoms with van der Waals surface area (Å²) in [5.41, 5.74) is 2.49. The van der Waals surface area contributed by atoms with E-state index in [0.717, 1.165) is 41.8 Å². The summed E-state index contributed by atoms with van der Waals surface area (Å²) in [7, 11) is 2.65. The van der Waals surface area contributed by atoms with Gasteiger partial charge in [0.1, 0.15) is 5.75 Å². The van der Waals surface area contributed by atoms with E-state index in [-0.39, 0.29) is 36.2 Å². The van der Waals surface area contributed by atoms with E-state index in [9.17, 15) is 22.8 Å². The molecule has 2 amide bonds. The molecule has 2 heterocycles. The van der Waals surface area contributed by atoms with Gasteiger partial charge in [0.25, 0.3) is 11.8 Å². The van der Waals surface area contributed by atoms with Crippen molar-refractivity contribution in [1.29, 1.82) is 0 Å². The van der Waals surface area contributed by atoms with Crippen molar-refractivity contribution >= 4 is 35.0 Å². The summed E-state index contributed by atoms with van der Waals surface area (Å²) in [5, 5.41) is 7.80. The maximum absolute atomic E-state index is 13.7. The second-order valence-corrected chi connectivity index (χ2v) is 11.2. The Morgan fingerprint density at radius 2 is 1.67 bits per heavy atom. The Morgan fingerprint density at radius 1 is 0.977 bits per heavy atom. The van der Waals surface area contributed by atoms with Gasteiger partial charge in [0, 0.05) is 48.4 Å². The van der Waals surface area contributed by atoms with Crippen LogP contribution in [0.2, 0.25) is 10.0 Å². The van der Waals surface area contributed by atoms with Crippen LogP contribution in [0, 0.1) is 6.92 Å². The van der Waals surface area contributed by atoms with Gasteiger partial charge in [0.15, 0.2) is 0 Å². The van der Waals surface area contributed by atoms with E-state index < -0.39 is 23.7 Å². The Bertz CT molecular complexity index is 1670. The van der Waals surface area contributed by atoms with Gasteiger partial charge in [-0.05, 0) is 61.0 Å². The van der Waals surface area contributed by atoms with E-state index in [1.165, 1.54) is 18.0 Å². The average Bonchev–Trinajstić information content (AvgIpc) is 3.64. The average molecular weight is 631 g/mol. The van der Waals surface area contributed by atoms with Gasteiger partial charge in [-0.1, -0.05) is 41.4 Å². The van der Waals surface area contributed by atoms with Crippen molar-refractivity contribution < 1.29 is 27.5 Å². The molecule has 4 aromatic rings. The van der Waals surface area contributed by atoms with E-state index in [4.69, 9.17) is 27.9 Å². The lowest BCUT2D eigenvalue weighted by molar-refractivity contribution is -0.138. The summed E-state index contributed by atoms with van der Waals surface area (Å²) in [6.45, 7) is 2.29. The minimum Gasteiger partial charge on any atom is -0.496 e. The number of benzene rings is 3. The van der Waals surface area contributed by atoms with Crippen LogP contribution in [0.25, 0.3) is 11.3 Å². The third kappa shape index (κ3) is 6.21. The normalized spacial score (nSPS) is 16.8. The topological polar surface area (TPSA) is 78.5 Å². The first kappa shape index (κ1) is 30.4. The Kier molecular flexibility index (Phi) is 8.45. The zero-order chi connectivity index (χ0) is 31.1. The molecule has 2 unspecified atom stereocenters. The molecule has 43 heavy (non-hydrogen) atoms. The molecule has 0 bridgehead atoms. The lowest BCUT2D eigenvalue weighted by Crippen LogP contribution is -2.42. The van der Waals surface area contributed by atoms with Crippen LogP contribution in [0.5, 0.6) is 5.75 Å². The summed E-state index contributed by atoms with van der Waals surface area (Å²) >= 11 is 12.5. The number of likely N-dealkylation sites (N-methyl/N-ethyl adjacent to an activating group) is 1. The maximum Gasteiger partial charge on any atom is 0.419 e. The van der Waals surface area contributed by atoms with E-state index in [0.29, 0.717) is 15.6 Å². The first-order chi connectivity index (χ1) is 20.4. The summed E-state index contributed by atoms with van der Waals surface area (Å²) in [5.74, 6) is -1.65. The monoisotopic (exact) mass is 630 g/mol. The Morgan fingerprint density at radius 3 is 2.28 bits per heavy atom. The van der Waals surface area contributed by atoms with E-state index in [1.807, 2.05) is 25.1 Å². The van der Waals surface area contributed by atoms with Crippen LogP contribution >= 0.6 is 23.2 Å². The summed E-state index contributed by atoms with van der Waals surface area (Å²) in [6.07, 6.45) is -4.72. The third-order valence-electron chi connectivity index (χ3n) is 7.65. The van der Waals surface area contributed by atoms with Crippen LogP contribution in [0.15, 0.2) is 66.7 Å². The molecule has 0 radical (unpaired) electrons. The number of alkyl halides is 3. The minimum absolute atomic E-state index is 0.147. The highest BCUT2D eigenvalue weighted by Crippen LogP contribution is 2.38. The highest BCUT2D eigenvalue weighted by atomic mass is 35.5. The van der Waals surface area contributed by atoms with Crippen molar-refractivity contribution in [2.75, 3.05) is 27.2 Å². The SMILES string of the molecule is COc1ccc(C(=O)N(C)C2CN(C(=O)c3ccc(-c4cc(C)[nH]n4)cc3)CC2c2ccc(Cl)c(Cl)c2)cc1C(F)(F)F. The number of H-pyrrole nitrogens is 1. The zero-order valence-electron chi connectivity index (χ0n) is 23.4. The quantitative estimate of drug-likeness (QED) is 0.246. The molecular formula is C31H27Cl2F3N4O3. The van der Waals surface area contributed by atoms with Crippen molar-refractivity contribution in [3.05, 3.63) is 105 Å². The highest BCUT2D eigenvalue weighted by molar-refractivity contribution is 6.42. The number of aromatic amines is 1.